The Kier molecular flexibility index (Phi) is 4.86. The van der Waals surface area contributed by atoms with Gasteiger partial charge in [0, 0.05) is 13.1 Å². The highest BCUT2D eigenvalue weighted by Gasteiger charge is 1.96. The highest BCUT2D eigenvalue weighted by molar-refractivity contribution is 5.71. The van der Waals surface area contributed by atoms with Crippen molar-refractivity contribution in [2.45, 2.75) is 13.0 Å². The molecule has 0 spiro atoms. The van der Waals surface area contributed by atoms with Gasteiger partial charge in [0.1, 0.15) is 0 Å². The van der Waals surface area contributed by atoms with Crippen LogP contribution >= 0.6 is 0 Å². The molecule has 0 aliphatic heterocycles. The van der Waals surface area contributed by atoms with Crippen LogP contribution in [0.2, 0.25) is 0 Å². The van der Waals surface area contributed by atoms with Gasteiger partial charge in [-0.1, -0.05) is 0 Å². The summed E-state index contributed by atoms with van der Waals surface area (Å²) < 4.78 is 0. The van der Waals surface area contributed by atoms with Gasteiger partial charge < -0.3 is 16.4 Å². The van der Waals surface area contributed by atoms with Crippen LogP contribution in [0.15, 0.2) is 0 Å². The zero-order valence-corrected chi connectivity index (χ0v) is 6.42. The molecule has 62 valence electrons. The number of nitrogens with zero attached hydrogens (tertiary/aromatic N) is 1. The fourth-order valence-corrected chi connectivity index (χ4v) is 0.520. The molecule has 0 rings (SSSR count). The van der Waals surface area contributed by atoms with E-state index >= 15 is 0 Å². The molecule has 0 aromatic carbocycles. The van der Waals surface area contributed by atoms with Gasteiger partial charge in [0.05, 0.1) is 12.1 Å². The van der Waals surface area contributed by atoms with Crippen molar-refractivity contribution in [3.05, 3.63) is 0 Å². The standard InChI is InChI=1S/C6H12N4O/c1-5(4-7)9-2-3-10-6(8)11/h5,9H,2-3H2,1H3,(H3,8,10,11). The zero-order valence-electron chi connectivity index (χ0n) is 6.42. The lowest BCUT2D eigenvalue weighted by Gasteiger charge is -2.05. The molecule has 1 unspecified atom stereocenters. The Morgan fingerprint density at radius 3 is 2.82 bits per heavy atom. The molecule has 11 heavy (non-hydrogen) atoms. The van der Waals surface area contributed by atoms with Gasteiger partial charge in [-0.15, -0.1) is 0 Å². The Balaban J connectivity index is 3.16. The van der Waals surface area contributed by atoms with E-state index in [2.05, 4.69) is 10.6 Å². The third kappa shape index (κ3) is 6.61. The predicted octanol–water partition coefficient (Wildman–Crippen LogP) is -0.844. The number of primary amides is 1. The smallest absolute Gasteiger partial charge is 0.312 e. The summed E-state index contributed by atoms with van der Waals surface area (Å²) in [6.07, 6.45) is 0. The molecule has 1 atom stereocenters. The molecule has 0 fully saturated rings. The maximum Gasteiger partial charge on any atom is 0.312 e. The van der Waals surface area contributed by atoms with Crippen molar-refractivity contribution < 1.29 is 4.79 Å². The molecule has 0 aliphatic carbocycles. The fraction of sp³-hybridized carbons (Fsp3) is 0.667. The first kappa shape index (κ1) is 9.72. The number of nitriles is 1. The van der Waals surface area contributed by atoms with E-state index in [1.165, 1.54) is 0 Å². The molecular weight excluding hydrogens is 144 g/mol. The van der Waals surface area contributed by atoms with Gasteiger partial charge in [0.15, 0.2) is 0 Å². The first-order valence-electron chi connectivity index (χ1n) is 3.33. The molecule has 5 nitrogen and oxygen atoms in total. The second-order valence-corrected chi connectivity index (χ2v) is 2.10. The van der Waals surface area contributed by atoms with Crippen LogP contribution in [0, 0.1) is 11.3 Å². The second-order valence-electron chi connectivity index (χ2n) is 2.10. The van der Waals surface area contributed by atoms with Crippen LogP contribution in [0.25, 0.3) is 0 Å². The Bertz CT molecular complexity index is 162. The average Bonchev–Trinajstić information content (AvgIpc) is 1.97. The van der Waals surface area contributed by atoms with Crippen molar-refractivity contribution in [3.8, 4) is 6.07 Å². The van der Waals surface area contributed by atoms with Gasteiger partial charge in [0.25, 0.3) is 0 Å². The van der Waals surface area contributed by atoms with Crippen LogP contribution in [0.4, 0.5) is 4.79 Å². The van der Waals surface area contributed by atoms with E-state index < -0.39 is 6.03 Å². The van der Waals surface area contributed by atoms with Gasteiger partial charge in [-0.3, -0.25) is 0 Å². The van der Waals surface area contributed by atoms with E-state index in [4.69, 9.17) is 11.0 Å². The molecule has 5 heteroatoms. The van der Waals surface area contributed by atoms with Crippen LogP contribution in [-0.4, -0.2) is 25.2 Å². The van der Waals surface area contributed by atoms with Gasteiger partial charge in [0.2, 0.25) is 0 Å². The highest BCUT2D eigenvalue weighted by Crippen LogP contribution is 1.73. The molecule has 0 saturated heterocycles. The summed E-state index contributed by atoms with van der Waals surface area (Å²) in [5.41, 5.74) is 4.80. The van der Waals surface area contributed by atoms with Gasteiger partial charge in [-0.05, 0) is 6.92 Å². The fourth-order valence-electron chi connectivity index (χ4n) is 0.520. The predicted molar refractivity (Wildman–Crippen MR) is 40.7 cm³/mol. The van der Waals surface area contributed by atoms with E-state index in [1.807, 2.05) is 6.07 Å². The number of nitrogens with two attached hydrogens (primary N) is 1. The quantitative estimate of drug-likeness (QED) is 0.463. The van der Waals surface area contributed by atoms with Crippen LogP contribution in [0.3, 0.4) is 0 Å². The van der Waals surface area contributed by atoms with Crippen molar-refractivity contribution in [2.24, 2.45) is 5.73 Å². The van der Waals surface area contributed by atoms with Crippen LogP contribution < -0.4 is 16.4 Å². The Morgan fingerprint density at radius 1 is 1.73 bits per heavy atom. The normalized spacial score (nSPS) is 11.6. The monoisotopic (exact) mass is 156 g/mol. The Morgan fingerprint density at radius 2 is 2.36 bits per heavy atom. The van der Waals surface area contributed by atoms with Crippen molar-refractivity contribution in [2.75, 3.05) is 13.1 Å². The molecule has 4 N–H and O–H groups in total. The summed E-state index contributed by atoms with van der Waals surface area (Å²) in [5, 5.41) is 13.6. The largest absolute Gasteiger partial charge is 0.352 e. The third-order valence-corrected chi connectivity index (χ3v) is 1.07. The summed E-state index contributed by atoms with van der Waals surface area (Å²) in [6.45, 7) is 2.74. The number of rotatable bonds is 4. The lowest BCUT2D eigenvalue weighted by molar-refractivity contribution is 0.249. The lowest BCUT2D eigenvalue weighted by atomic mass is 10.4. The summed E-state index contributed by atoms with van der Waals surface area (Å²) in [5.74, 6) is 0. The molecule has 0 radical (unpaired) electrons. The molecule has 0 heterocycles. The van der Waals surface area contributed by atoms with Crippen LogP contribution in [-0.2, 0) is 0 Å². The minimum Gasteiger partial charge on any atom is -0.352 e. The minimum absolute atomic E-state index is 0.190. The van der Waals surface area contributed by atoms with Crippen molar-refractivity contribution >= 4 is 6.03 Å². The van der Waals surface area contributed by atoms with Gasteiger partial charge in [-0.2, -0.15) is 5.26 Å². The van der Waals surface area contributed by atoms with Gasteiger partial charge in [-0.25, -0.2) is 4.79 Å². The zero-order chi connectivity index (χ0) is 8.69. The summed E-state index contributed by atoms with van der Waals surface area (Å²) >= 11 is 0. The van der Waals surface area contributed by atoms with Crippen molar-refractivity contribution in [1.29, 1.82) is 5.26 Å². The van der Waals surface area contributed by atoms with Crippen LogP contribution in [0.5, 0.6) is 0 Å². The third-order valence-electron chi connectivity index (χ3n) is 1.07. The minimum atomic E-state index is -0.545. The Labute approximate surface area is 65.6 Å². The van der Waals surface area contributed by atoms with Gasteiger partial charge >= 0.3 is 6.03 Å². The first-order valence-corrected chi connectivity index (χ1v) is 3.33. The second kappa shape index (κ2) is 5.50. The summed E-state index contributed by atoms with van der Waals surface area (Å²) in [6, 6.07) is 1.26. The summed E-state index contributed by atoms with van der Waals surface area (Å²) in [7, 11) is 0. The van der Waals surface area contributed by atoms with E-state index in [9.17, 15) is 4.79 Å². The summed E-state index contributed by atoms with van der Waals surface area (Å²) in [4.78, 5) is 10.1. The number of amides is 2. The Hall–Kier alpha value is -1.28. The SMILES string of the molecule is CC(C#N)NCCNC(N)=O. The van der Waals surface area contributed by atoms with E-state index in [-0.39, 0.29) is 6.04 Å². The average molecular weight is 156 g/mol. The molecule has 2 amide bonds. The maximum absolute atomic E-state index is 10.1. The number of hydrogen-bond donors (Lipinski definition) is 3. The number of hydrogen-bond acceptors (Lipinski definition) is 3. The molecule has 0 aliphatic rings. The van der Waals surface area contributed by atoms with E-state index in [0.29, 0.717) is 13.1 Å². The molecule has 0 bridgehead atoms. The molecule has 0 saturated carbocycles. The molecular formula is C6H12N4O. The number of urea groups is 1. The topological polar surface area (TPSA) is 90.9 Å². The van der Waals surface area contributed by atoms with Crippen molar-refractivity contribution in [3.63, 3.8) is 0 Å². The lowest BCUT2D eigenvalue weighted by Crippen LogP contribution is -2.37. The highest BCUT2D eigenvalue weighted by atomic mass is 16.2. The maximum atomic E-state index is 10.1. The number of carbonyl (C=O) groups is 1. The molecule has 0 aromatic heterocycles. The first-order chi connectivity index (χ1) is 5.16. The number of carbonyl (C=O) groups excluding carboxylic acids is 1. The van der Waals surface area contributed by atoms with Crippen LogP contribution in [0.1, 0.15) is 6.92 Å². The van der Waals surface area contributed by atoms with E-state index in [0.717, 1.165) is 0 Å². The van der Waals surface area contributed by atoms with E-state index in [1.54, 1.807) is 6.92 Å². The molecule has 0 aromatic rings. The van der Waals surface area contributed by atoms with Crippen molar-refractivity contribution in [1.82, 2.24) is 10.6 Å². The number of nitrogens with one attached hydrogen (secondary N) is 2.